The van der Waals surface area contributed by atoms with Gasteiger partial charge in [-0.05, 0) is 19.3 Å². The average molecular weight is 516 g/mol. The first-order valence-corrected chi connectivity index (χ1v) is 14.6. The molecule has 0 aliphatic carbocycles. The number of carboxylic acid groups (broad SMARTS) is 2. The molecule has 7 nitrogen and oxygen atoms in total. The van der Waals surface area contributed by atoms with Gasteiger partial charge in [0.25, 0.3) is 0 Å². The Morgan fingerprint density at radius 1 is 0.639 bits per heavy atom. The molecule has 0 saturated carbocycles. The molecule has 0 radical (unpaired) electrons. The predicted molar refractivity (Wildman–Crippen MR) is 143 cm³/mol. The fourth-order valence-electron chi connectivity index (χ4n) is 6.03. The van der Waals surface area contributed by atoms with Crippen molar-refractivity contribution in [3.8, 4) is 0 Å². The lowest BCUT2D eigenvalue weighted by Crippen LogP contribution is -2.75. The van der Waals surface area contributed by atoms with Crippen LogP contribution in [0.3, 0.4) is 0 Å². The largest absolute Gasteiger partial charge is 0.544 e. The predicted octanol–water partition coefficient (Wildman–Crippen LogP) is 4.67. The zero-order valence-electron chi connectivity index (χ0n) is 23.9. The smallest absolute Gasteiger partial charge is 0.316 e. The van der Waals surface area contributed by atoms with Crippen LogP contribution in [0.4, 0.5) is 0 Å². The minimum atomic E-state index is -1.82. The van der Waals surface area contributed by atoms with Gasteiger partial charge in [-0.15, -0.1) is 0 Å². The molecular formula is C29H57NO6. The molecule has 0 aromatic carbocycles. The summed E-state index contributed by atoms with van der Waals surface area (Å²) in [5, 5.41) is 42.0. The molecule has 0 rings (SSSR count). The summed E-state index contributed by atoms with van der Waals surface area (Å²) in [4.78, 5) is 25.1. The lowest BCUT2D eigenvalue weighted by Gasteiger charge is -2.55. The van der Waals surface area contributed by atoms with Crippen LogP contribution in [0.1, 0.15) is 129 Å². The van der Waals surface area contributed by atoms with Crippen molar-refractivity contribution < 1.29 is 34.5 Å². The Morgan fingerprint density at radius 3 is 1.22 bits per heavy atom. The molecule has 0 aromatic rings. The summed E-state index contributed by atoms with van der Waals surface area (Å²) in [6.07, 6.45) is 18.9. The van der Waals surface area contributed by atoms with Crippen molar-refractivity contribution in [2.45, 2.75) is 134 Å². The molecule has 0 heterocycles. The van der Waals surface area contributed by atoms with E-state index in [1.807, 2.05) is 0 Å². The van der Waals surface area contributed by atoms with Gasteiger partial charge in [-0.1, -0.05) is 103 Å². The molecule has 0 spiro atoms. The molecule has 0 aliphatic rings. The molecule has 0 aromatic heterocycles. The maximum absolute atomic E-state index is 12.6. The zero-order chi connectivity index (χ0) is 27.5. The van der Waals surface area contributed by atoms with Crippen LogP contribution >= 0.6 is 0 Å². The minimum absolute atomic E-state index is 0.129. The molecule has 214 valence electrons. The van der Waals surface area contributed by atoms with Crippen LogP contribution in [0.15, 0.2) is 0 Å². The summed E-state index contributed by atoms with van der Waals surface area (Å²) >= 11 is 0. The molecule has 3 N–H and O–H groups in total. The van der Waals surface area contributed by atoms with Gasteiger partial charge < -0.3 is 29.7 Å². The summed E-state index contributed by atoms with van der Waals surface area (Å²) in [5.74, 6) is -2.74. The van der Waals surface area contributed by atoms with Crippen molar-refractivity contribution in [2.75, 3.05) is 34.4 Å². The number of quaternary nitrogens is 1. The van der Waals surface area contributed by atoms with Gasteiger partial charge in [0.2, 0.25) is 0 Å². The van der Waals surface area contributed by atoms with E-state index in [1.54, 1.807) is 21.1 Å². The van der Waals surface area contributed by atoms with Gasteiger partial charge in [-0.2, -0.15) is 0 Å². The van der Waals surface area contributed by atoms with Crippen molar-refractivity contribution in [1.82, 2.24) is 0 Å². The van der Waals surface area contributed by atoms with Crippen LogP contribution < -0.4 is 5.11 Å². The first kappa shape index (κ1) is 34.8. The third-order valence-electron chi connectivity index (χ3n) is 8.15. The Kier molecular flexibility index (Phi) is 18.3. The second-order valence-corrected chi connectivity index (χ2v) is 11.5. The lowest BCUT2D eigenvalue weighted by molar-refractivity contribution is -0.924. The van der Waals surface area contributed by atoms with Crippen molar-refractivity contribution in [3.05, 3.63) is 0 Å². The molecule has 0 amide bonds. The number of hydrogen-bond donors (Lipinski definition) is 3. The highest BCUT2D eigenvalue weighted by Gasteiger charge is 2.64. The SMILES string of the molecule is CCCCCCCCCCCCCCCCCCC(C(=O)[O-])(C(CCO)(CCO)C(=O)O)[N+](C)(C)C. The van der Waals surface area contributed by atoms with Crippen LogP contribution in [0.5, 0.6) is 0 Å². The van der Waals surface area contributed by atoms with Crippen LogP contribution in [-0.2, 0) is 9.59 Å². The monoisotopic (exact) mass is 515 g/mol. The Hall–Kier alpha value is -1.18. The van der Waals surface area contributed by atoms with Crippen LogP contribution in [-0.4, -0.2) is 71.6 Å². The van der Waals surface area contributed by atoms with E-state index in [9.17, 15) is 30.0 Å². The Bertz CT molecular complexity index is 583. The van der Waals surface area contributed by atoms with E-state index in [0.29, 0.717) is 6.42 Å². The van der Waals surface area contributed by atoms with Gasteiger partial charge in [-0.25, -0.2) is 0 Å². The molecule has 0 saturated heterocycles. The van der Waals surface area contributed by atoms with Crippen molar-refractivity contribution in [3.63, 3.8) is 0 Å². The van der Waals surface area contributed by atoms with Crippen LogP contribution in [0, 0.1) is 5.41 Å². The van der Waals surface area contributed by atoms with Gasteiger partial charge in [0.15, 0.2) is 5.54 Å². The van der Waals surface area contributed by atoms with Crippen LogP contribution in [0.25, 0.3) is 0 Å². The van der Waals surface area contributed by atoms with Gasteiger partial charge in [0.05, 0.1) is 21.1 Å². The molecule has 1 unspecified atom stereocenters. The maximum atomic E-state index is 12.6. The van der Waals surface area contributed by atoms with Gasteiger partial charge in [-0.3, -0.25) is 4.79 Å². The van der Waals surface area contributed by atoms with Crippen molar-refractivity contribution in [1.29, 1.82) is 0 Å². The zero-order valence-corrected chi connectivity index (χ0v) is 23.9. The third-order valence-corrected chi connectivity index (χ3v) is 8.15. The Balaban J connectivity index is 4.57. The van der Waals surface area contributed by atoms with E-state index >= 15 is 0 Å². The first-order chi connectivity index (χ1) is 17.1. The highest BCUT2D eigenvalue weighted by atomic mass is 16.4. The highest BCUT2D eigenvalue weighted by Crippen LogP contribution is 2.47. The second-order valence-electron chi connectivity index (χ2n) is 11.5. The molecule has 7 heteroatoms. The van der Waals surface area contributed by atoms with Gasteiger partial charge in [0, 0.05) is 19.6 Å². The quantitative estimate of drug-likeness (QED) is 0.120. The molecule has 36 heavy (non-hydrogen) atoms. The summed E-state index contributed by atoms with van der Waals surface area (Å²) in [6, 6.07) is 0. The third kappa shape index (κ3) is 10.7. The standard InChI is InChI=1S/C29H57NO6/c1-5-6-7-8-9-10-11-12-13-14-15-16-17-18-19-20-21-29(27(35)36,30(2,3)4)28(22-24-31,23-25-32)26(33)34/h31-32H,5-25H2,1-4H3,(H-,33,34,35,36). The number of hydrogen-bond acceptors (Lipinski definition) is 5. The number of aliphatic hydroxyl groups excluding tert-OH is 2. The molecule has 0 fully saturated rings. The van der Waals surface area contributed by atoms with Crippen molar-refractivity contribution in [2.24, 2.45) is 5.41 Å². The Morgan fingerprint density at radius 2 is 0.972 bits per heavy atom. The minimum Gasteiger partial charge on any atom is -0.544 e. The maximum Gasteiger partial charge on any atom is 0.316 e. The van der Waals surface area contributed by atoms with Crippen molar-refractivity contribution >= 4 is 11.9 Å². The lowest BCUT2D eigenvalue weighted by atomic mass is 9.61. The fourth-order valence-corrected chi connectivity index (χ4v) is 6.03. The molecule has 0 bridgehead atoms. The summed E-state index contributed by atoms with van der Waals surface area (Å²) in [6.45, 7) is 1.31. The summed E-state index contributed by atoms with van der Waals surface area (Å²) in [5.41, 5.74) is -3.58. The highest BCUT2D eigenvalue weighted by molar-refractivity contribution is 5.88. The van der Waals surface area contributed by atoms with E-state index < -0.39 is 36.1 Å². The number of aliphatic carboxylic acids is 2. The van der Waals surface area contributed by atoms with Crippen LogP contribution in [0.2, 0.25) is 0 Å². The molecule has 0 aliphatic heterocycles. The number of unbranched alkanes of at least 4 members (excludes halogenated alkanes) is 15. The van der Waals surface area contributed by atoms with E-state index in [2.05, 4.69) is 6.92 Å². The topological polar surface area (TPSA) is 118 Å². The van der Waals surface area contributed by atoms with E-state index in [-0.39, 0.29) is 23.7 Å². The number of carbonyl (C=O) groups excluding carboxylic acids is 1. The second kappa shape index (κ2) is 19.0. The van der Waals surface area contributed by atoms with E-state index in [4.69, 9.17) is 0 Å². The number of rotatable bonds is 25. The van der Waals surface area contributed by atoms with Gasteiger partial charge in [0.1, 0.15) is 11.4 Å². The average Bonchev–Trinajstić information content (AvgIpc) is 2.80. The normalized spacial score (nSPS) is 14.1. The number of carboxylic acids is 2. The van der Waals surface area contributed by atoms with E-state index in [1.165, 1.54) is 77.0 Å². The number of likely N-dealkylation sites (N-methyl/N-ethyl adjacent to an activating group) is 1. The fraction of sp³-hybridized carbons (Fsp3) is 0.931. The summed E-state index contributed by atoms with van der Waals surface area (Å²) < 4.78 is -0.152. The number of carbonyl (C=O) groups is 2. The first-order valence-electron chi connectivity index (χ1n) is 14.6. The number of aliphatic hydroxyl groups is 2. The Labute approximate surface area is 220 Å². The van der Waals surface area contributed by atoms with E-state index in [0.717, 1.165) is 19.3 Å². The molecular weight excluding hydrogens is 458 g/mol. The van der Waals surface area contributed by atoms with Gasteiger partial charge >= 0.3 is 5.97 Å². The number of nitrogens with zero attached hydrogens (tertiary/aromatic N) is 1. The summed E-state index contributed by atoms with van der Waals surface area (Å²) in [7, 11) is 4.98. The molecule has 1 atom stereocenters.